The zero-order chi connectivity index (χ0) is 13.9. The highest BCUT2D eigenvalue weighted by Crippen LogP contribution is 2.40. The molecule has 1 aromatic heterocycles. The number of benzene rings is 1. The molecular formula is C16H20N2OS. The maximum Gasteiger partial charge on any atom is 0.114 e. The minimum atomic E-state index is 0.629. The molecule has 3 nitrogen and oxygen atoms in total. The molecular weight excluding hydrogens is 268 g/mol. The lowest BCUT2D eigenvalue weighted by Gasteiger charge is -2.03. The van der Waals surface area contributed by atoms with Crippen LogP contribution in [0.15, 0.2) is 24.3 Å². The van der Waals surface area contributed by atoms with Gasteiger partial charge in [-0.2, -0.15) is 0 Å². The summed E-state index contributed by atoms with van der Waals surface area (Å²) in [4.78, 5) is 4.80. The second-order valence-electron chi connectivity index (χ2n) is 5.38. The summed E-state index contributed by atoms with van der Waals surface area (Å²) in [6.45, 7) is 0.639. The van der Waals surface area contributed by atoms with Crippen LogP contribution in [0.5, 0.6) is 0 Å². The number of hydrogen-bond donors (Lipinski definition) is 1. The highest BCUT2D eigenvalue weighted by atomic mass is 32.1. The second-order valence-corrected chi connectivity index (χ2v) is 6.44. The van der Waals surface area contributed by atoms with Crippen LogP contribution >= 0.6 is 11.3 Å². The maximum atomic E-state index is 6.17. The molecule has 0 aliphatic heterocycles. The number of nitrogens with two attached hydrogens (primary N) is 1. The minimum Gasteiger partial charge on any atom is -0.389 e. The molecule has 0 spiro atoms. The molecule has 2 N–H and O–H groups in total. The third kappa shape index (κ3) is 2.72. The van der Waals surface area contributed by atoms with Crippen LogP contribution in [-0.4, -0.2) is 12.1 Å². The van der Waals surface area contributed by atoms with Gasteiger partial charge in [0.05, 0.1) is 11.6 Å². The Kier molecular flexibility index (Phi) is 4.03. The lowest BCUT2D eigenvalue weighted by atomic mass is 10.1. The molecule has 1 aliphatic carbocycles. The first-order chi connectivity index (χ1) is 9.78. The summed E-state index contributed by atoms with van der Waals surface area (Å²) >= 11 is 1.66. The first-order valence-electron chi connectivity index (χ1n) is 7.12. The van der Waals surface area contributed by atoms with Crippen molar-refractivity contribution in [3.63, 3.8) is 0 Å². The zero-order valence-electron chi connectivity index (χ0n) is 11.8. The first kappa shape index (κ1) is 13.6. The van der Waals surface area contributed by atoms with Crippen LogP contribution in [0.25, 0.3) is 11.3 Å². The van der Waals surface area contributed by atoms with Gasteiger partial charge in [0.15, 0.2) is 0 Å². The number of methoxy groups -OCH3 is 1. The first-order valence-corrected chi connectivity index (χ1v) is 7.94. The molecule has 0 atom stereocenters. The van der Waals surface area contributed by atoms with Gasteiger partial charge in [-0.05, 0) is 18.4 Å². The lowest BCUT2D eigenvalue weighted by Crippen LogP contribution is -1.91. The molecule has 4 heteroatoms. The van der Waals surface area contributed by atoms with E-state index in [0.717, 1.165) is 16.3 Å². The molecule has 1 saturated carbocycles. The molecule has 106 valence electrons. The molecule has 0 amide bonds. The van der Waals surface area contributed by atoms with E-state index in [-0.39, 0.29) is 0 Å². The molecule has 0 bridgehead atoms. The molecule has 0 saturated heterocycles. The van der Waals surface area contributed by atoms with Gasteiger partial charge in [0.1, 0.15) is 10.7 Å². The van der Waals surface area contributed by atoms with E-state index in [1.165, 1.54) is 36.3 Å². The Morgan fingerprint density at radius 1 is 1.25 bits per heavy atom. The van der Waals surface area contributed by atoms with Crippen LogP contribution in [0.4, 0.5) is 5.00 Å². The van der Waals surface area contributed by atoms with E-state index in [2.05, 4.69) is 24.3 Å². The normalized spacial score (nSPS) is 15.8. The Hall–Kier alpha value is -1.39. The Bertz CT molecular complexity index is 571. The number of nitrogens with zero attached hydrogens (tertiary/aromatic N) is 1. The van der Waals surface area contributed by atoms with Crippen molar-refractivity contribution in [2.45, 2.75) is 38.2 Å². The summed E-state index contributed by atoms with van der Waals surface area (Å²) in [6, 6.07) is 8.32. The van der Waals surface area contributed by atoms with Crippen molar-refractivity contribution in [1.82, 2.24) is 4.98 Å². The quantitative estimate of drug-likeness (QED) is 0.917. The average Bonchev–Trinajstić information content (AvgIpc) is 3.09. The van der Waals surface area contributed by atoms with Gasteiger partial charge >= 0.3 is 0 Å². The summed E-state index contributed by atoms with van der Waals surface area (Å²) in [5.41, 5.74) is 9.38. The molecule has 0 unspecified atom stereocenters. The SMILES string of the molecule is COCc1ccc(-c2nc(C3CCCC3)sc2N)cc1. The van der Waals surface area contributed by atoms with Crippen LogP contribution in [0.3, 0.4) is 0 Å². The van der Waals surface area contributed by atoms with Crippen LogP contribution < -0.4 is 5.73 Å². The van der Waals surface area contributed by atoms with Gasteiger partial charge in [-0.25, -0.2) is 4.98 Å². The van der Waals surface area contributed by atoms with Crippen molar-refractivity contribution < 1.29 is 4.74 Å². The molecule has 3 rings (SSSR count). The smallest absolute Gasteiger partial charge is 0.114 e. The topological polar surface area (TPSA) is 48.1 Å². The number of thiazole rings is 1. The number of anilines is 1. The van der Waals surface area contributed by atoms with Crippen molar-refractivity contribution in [2.24, 2.45) is 0 Å². The van der Waals surface area contributed by atoms with Crippen molar-refractivity contribution in [3.8, 4) is 11.3 Å². The monoisotopic (exact) mass is 288 g/mol. The maximum absolute atomic E-state index is 6.17. The van der Waals surface area contributed by atoms with Gasteiger partial charge in [0, 0.05) is 18.6 Å². The van der Waals surface area contributed by atoms with Gasteiger partial charge in [0.25, 0.3) is 0 Å². The molecule has 20 heavy (non-hydrogen) atoms. The van der Waals surface area contributed by atoms with Gasteiger partial charge in [-0.3, -0.25) is 0 Å². The zero-order valence-corrected chi connectivity index (χ0v) is 12.6. The number of hydrogen-bond acceptors (Lipinski definition) is 4. The van der Waals surface area contributed by atoms with Crippen molar-refractivity contribution in [3.05, 3.63) is 34.8 Å². The Labute approximate surface area is 123 Å². The number of ether oxygens (including phenoxy) is 1. The van der Waals surface area contributed by atoms with E-state index in [1.54, 1.807) is 18.4 Å². The van der Waals surface area contributed by atoms with E-state index < -0.39 is 0 Å². The predicted molar refractivity (Wildman–Crippen MR) is 83.9 cm³/mol. The van der Waals surface area contributed by atoms with Gasteiger partial charge < -0.3 is 10.5 Å². The Morgan fingerprint density at radius 3 is 2.60 bits per heavy atom. The lowest BCUT2D eigenvalue weighted by molar-refractivity contribution is 0.185. The van der Waals surface area contributed by atoms with Crippen LogP contribution in [0, 0.1) is 0 Å². The third-order valence-corrected chi connectivity index (χ3v) is 4.96. The summed E-state index contributed by atoms with van der Waals surface area (Å²) < 4.78 is 5.13. The van der Waals surface area contributed by atoms with Crippen molar-refractivity contribution in [2.75, 3.05) is 12.8 Å². The predicted octanol–water partition coefficient (Wildman–Crippen LogP) is 4.20. The van der Waals surface area contributed by atoms with Gasteiger partial charge in [-0.1, -0.05) is 37.1 Å². The molecule has 1 heterocycles. The molecule has 1 aromatic carbocycles. The number of nitrogen functional groups attached to an aromatic ring is 1. The van der Waals surface area contributed by atoms with Crippen LogP contribution in [0.2, 0.25) is 0 Å². The molecule has 0 radical (unpaired) electrons. The number of rotatable bonds is 4. The summed E-state index contributed by atoms with van der Waals surface area (Å²) in [5, 5.41) is 2.06. The third-order valence-electron chi connectivity index (χ3n) is 3.91. The molecule has 2 aromatic rings. The van der Waals surface area contributed by atoms with Crippen LogP contribution in [-0.2, 0) is 11.3 Å². The molecule has 1 aliphatic rings. The number of aromatic nitrogens is 1. The van der Waals surface area contributed by atoms with E-state index in [1.807, 2.05) is 0 Å². The highest BCUT2D eigenvalue weighted by molar-refractivity contribution is 7.16. The fourth-order valence-corrected chi connectivity index (χ4v) is 3.85. The Morgan fingerprint density at radius 2 is 1.95 bits per heavy atom. The van der Waals surface area contributed by atoms with Crippen molar-refractivity contribution in [1.29, 1.82) is 0 Å². The fraction of sp³-hybridized carbons (Fsp3) is 0.438. The largest absolute Gasteiger partial charge is 0.389 e. The van der Waals surface area contributed by atoms with E-state index in [9.17, 15) is 0 Å². The van der Waals surface area contributed by atoms with E-state index in [0.29, 0.717) is 12.5 Å². The minimum absolute atomic E-state index is 0.629. The van der Waals surface area contributed by atoms with Crippen molar-refractivity contribution >= 4 is 16.3 Å². The average molecular weight is 288 g/mol. The standard InChI is InChI=1S/C16H20N2OS/c1-19-10-11-6-8-12(9-7-11)14-15(17)20-16(18-14)13-4-2-3-5-13/h6-9,13H,2-5,10,17H2,1H3. The van der Waals surface area contributed by atoms with Gasteiger partial charge in [0.2, 0.25) is 0 Å². The Balaban J connectivity index is 1.85. The van der Waals surface area contributed by atoms with E-state index in [4.69, 9.17) is 15.5 Å². The second kappa shape index (κ2) is 5.94. The fourth-order valence-electron chi connectivity index (χ4n) is 2.83. The van der Waals surface area contributed by atoms with E-state index >= 15 is 0 Å². The summed E-state index contributed by atoms with van der Waals surface area (Å²) in [5.74, 6) is 0.629. The van der Waals surface area contributed by atoms with Gasteiger partial charge in [-0.15, -0.1) is 11.3 Å². The molecule has 1 fully saturated rings. The summed E-state index contributed by atoms with van der Waals surface area (Å²) in [6.07, 6.45) is 5.18. The highest BCUT2D eigenvalue weighted by Gasteiger charge is 2.22. The summed E-state index contributed by atoms with van der Waals surface area (Å²) in [7, 11) is 1.71. The van der Waals surface area contributed by atoms with Crippen LogP contribution in [0.1, 0.15) is 42.2 Å².